The third-order valence-corrected chi connectivity index (χ3v) is 3.30. The van der Waals surface area contributed by atoms with Crippen LogP contribution in [0, 0.1) is 0 Å². The Balaban J connectivity index is 1.76. The first-order chi connectivity index (χ1) is 9.83. The standard InChI is InChI=1S/C17H16N2O/c20-15-7-6-14-9-11-19-17(16(14)12-15)18-10-8-13-4-2-1-3-5-13/h1-7,9,11-12,20H,8,10H2,(H,18,19). The molecule has 2 aromatic carbocycles. The molecule has 0 saturated heterocycles. The first kappa shape index (κ1) is 12.5. The van der Waals surface area contributed by atoms with Crippen LogP contribution in [0.2, 0.25) is 0 Å². The summed E-state index contributed by atoms with van der Waals surface area (Å²) in [5.74, 6) is 1.07. The third-order valence-electron chi connectivity index (χ3n) is 3.30. The van der Waals surface area contributed by atoms with Gasteiger partial charge in [0.05, 0.1) is 0 Å². The second kappa shape index (κ2) is 5.61. The maximum absolute atomic E-state index is 9.60. The van der Waals surface area contributed by atoms with Gasteiger partial charge in [0.25, 0.3) is 0 Å². The number of rotatable bonds is 4. The summed E-state index contributed by atoms with van der Waals surface area (Å²) in [6.07, 6.45) is 2.72. The molecule has 0 aliphatic heterocycles. The SMILES string of the molecule is Oc1ccc2ccnc(NCCc3ccccc3)c2c1. The van der Waals surface area contributed by atoms with Crippen molar-refractivity contribution < 1.29 is 5.11 Å². The number of nitrogens with zero attached hydrogens (tertiary/aromatic N) is 1. The second-order valence-electron chi connectivity index (χ2n) is 4.73. The van der Waals surface area contributed by atoms with Crippen LogP contribution in [0.25, 0.3) is 10.8 Å². The number of fused-ring (bicyclic) bond motifs is 1. The molecule has 3 rings (SSSR count). The van der Waals surface area contributed by atoms with Crippen LogP contribution in [0.15, 0.2) is 60.8 Å². The molecule has 1 heterocycles. The van der Waals surface area contributed by atoms with Crippen LogP contribution >= 0.6 is 0 Å². The van der Waals surface area contributed by atoms with Gasteiger partial charge in [-0.25, -0.2) is 4.98 Å². The molecule has 100 valence electrons. The Bertz CT molecular complexity index is 711. The van der Waals surface area contributed by atoms with Gasteiger partial charge in [0.2, 0.25) is 0 Å². The van der Waals surface area contributed by atoms with Gasteiger partial charge in [0.15, 0.2) is 0 Å². The zero-order valence-electron chi connectivity index (χ0n) is 11.1. The van der Waals surface area contributed by atoms with Gasteiger partial charge in [-0.3, -0.25) is 0 Å². The fourth-order valence-electron chi connectivity index (χ4n) is 2.27. The molecule has 3 aromatic rings. The average molecular weight is 264 g/mol. The Hall–Kier alpha value is -2.55. The van der Waals surface area contributed by atoms with E-state index in [1.54, 1.807) is 18.3 Å². The highest BCUT2D eigenvalue weighted by atomic mass is 16.3. The van der Waals surface area contributed by atoms with Gasteiger partial charge in [-0.2, -0.15) is 0 Å². The van der Waals surface area contributed by atoms with Gasteiger partial charge >= 0.3 is 0 Å². The van der Waals surface area contributed by atoms with Crippen molar-refractivity contribution in [2.24, 2.45) is 0 Å². The number of anilines is 1. The predicted molar refractivity (Wildman–Crippen MR) is 82.0 cm³/mol. The molecule has 0 saturated carbocycles. The number of nitrogens with one attached hydrogen (secondary N) is 1. The zero-order chi connectivity index (χ0) is 13.8. The molecule has 0 bridgehead atoms. The molecule has 0 atom stereocenters. The van der Waals surface area contributed by atoms with E-state index in [9.17, 15) is 5.11 Å². The van der Waals surface area contributed by atoms with Crippen LogP contribution in [-0.4, -0.2) is 16.6 Å². The van der Waals surface area contributed by atoms with E-state index >= 15 is 0 Å². The molecule has 0 spiro atoms. The number of hydrogen-bond donors (Lipinski definition) is 2. The lowest BCUT2D eigenvalue weighted by molar-refractivity contribution is 0.476. The van der Waals surface area contributed by atoms with E-state index in [2.05, 4.69) is 22.4 Å². The number of benzene rings is 2. The minimum atomic E-state index is 0.261. The molecule has 0 aliphatic carbocycles. The summed E-state index contributed by atoms with van der Waals surface area (Å²) in [4.78, 5) is 4.36. The molecular formula is C17H16N2O. The van der Waals surface area contributed by atoms with Gasteiger partial charge in [0, 0.05) is 18.1 Å². The number of phenolic OH excluding ortho intramolecular Hbond substituents is 1. The highest BCUT2D eigenvalue weighted by Gasteiger charge is 2.03. The summed E-state index contributed by atoms with van der Waals surface area (Å²) >= 11 is 0. The van der Waals surface area contributed by atoms with Gasteiger partial charge in [0.1, 0.15) is 11.6 Å². The van der Waals surface area contributed by atoms with Crippen LogP contribution in [0.4, 0.5) is 5.82 Å². The smallest absolute Gasteiger partial charge is 0.133 e. The molecule has 2 N–H and O–H groups in total. The quantitative estimate of drug-likeness (QED) is 0.757. The summed E-state index contributed by atoms with van der Waals surface area (Å²) in [5, 5.41) is 15.0. The molecule has 0 aliphatic rings. The van der Waals surface area contributed by atoms with Crippen molar-refractivity contribution in [2.45, 2.75) is 6.42 Å². The van der Waals surface area contributed by atoms with Gasteiger partial charge in [-0.1, -0.05) is 36.4 Å². The van der Waals surface area contributed by atoms with Crippen molar-refractivity contribution in [3.8, 4) is 5.75 Å². The largest absolute Gasteiger partial charge is 0.508 e. The number of aromatic nitrogens is 1. The molecule has 20 heavy (non-hydrogen) atoms. The minimum Gasteiger partial charge on any atom is -0.508 e. The second-order valence-corrected chi connectivity index (χ2v) is 4.73. The molecule has 3 nitrogen and oxygen atoms in total. The predicted octanol–water partition coefficient (Wildman–Crippen LogP) is 3.60. The van der Waals surface area contributed by atoms with Crippen molar-refractivity contribution in [2.75, 3.05) is 11.9 Å². The molecule has 0 amide bonds. The summed E-state index contributed by atoms with van der Waals surface area (Å²) in [5.41, 5.74) is 1.29. The molecule has 0 unspecified atom stereocenters. The van der Waals surface area contributed by atoms with E-state index in [4.69, 9.17) is 0 Å². The Morgan fingerprint density at radius 1 is 1.00 bits per heavy atom. The van der Waals surface area contributed by atoms with Crippen LogP contribution in [0.3, 0.4) is 0 Å². The van der Waals surface area contributed by atoms with Gasteiger partial charge < -0.3 is 10.4 Å². The molecule has 1 aromatic heterocycles. The summed E-state index contributed by atoms with van der Waals surface area (Å²) in [7, 11) is 0. The molecule has 0 fully saturated rings. The highest BCUT2D eigenvalue weighted by Crippen LogP contribution is 2.24. The fraction of sp³-hybridized carbons (Fsp3) is 0.118. The molecule has 0 radical (unpaired) electrons. The maximum atomic E-state index is 9.60. The van der Waals surface area contributed by atoms with E-state index in [1.807, 2.05) is 30.3 Å². The Kier molecular flexibility index (Phi) is 3.50. The number of pyridine rings is 1. The van der Waals surface area contributed by atoms with Crippen LogP contribution in [0.1, 0.15) is 5.56 Å². The van der Waals surface area contributed by atoms with Gasteiger partial charge in [-0.15, -0.1) is 0 Å². The van der Waals surface area contributed by atoms with Crippen molar-refractivity contribution in [3.63, 3.8) is 0 Å². The molecule has 3 heteroatoms. The van der Waals surface area contributed by atoms with Crippen molar-refractivity contribution >= 4 is 16.6 Å². The normalized spacial score (nSPS) is 10.6. The summed E-state index contributed by atoms with van der Waals surface area (Å²) in [6, 6.07) is 17.6. The van der Waals surface area contributed by atoms with Crippen molar-refractivity contribution in [1.29, 1.82) is 0 Å². The van der Waals surface area contributed by atoms with Crippen LogP contribution in [-0.2, 0) is 6.42 Å². The first-order valence-corrected chi connectivity index (χ1v) is 6.68. The van der Waals surface area contributed by atoms with E-state index < -0.39 is 0 Å². The van der Waals surface area contributed by atoms with E-state index in [0.29, 0.717) is 0 Å². The van der Waals surface area contributed by atoms with Crippen molar-refractivity contribution in [1.82, 2.24) is 4.98 Å². The zero-order valence-corrected chi connectivity index (χ0v) is 11.1. The van der Waals surface area contributed by atoms with Crippen LogP contribution < -0.4 is 5.32 Å². The lowest BCUT2D eigenvalue weighted by Gasteiger charge is -2.09. The van der Waals surface area contributed by atoms with Gasteiger partial charge in [-0.05, 0) is 35.6 Å². The van der Waals surface area contributed by atoms with Crippen molar-refractivity contribution in [3.05, 3.63) is 66.4 Å². The minimum absolute atomic E-state index is 0.261. The van der Waals surface area contributed by atoms with E-state index in [-0.39, 0.29) is 5.75 Å². The summed E-state index contributed by atoms with van der Waals surface area (Å²) in [6.45, 7) is 0.811. The fourth-order valence-corrected chi connectivity index (χ4v) is 2.27. The monoisotopic (exact) mass is 264 g/mol. The van der Waals surface area contributed by atoms with Crippen LogP contribution in [0.5, 0.6) is 5.75 Å². The lowest BCUT2D eigenvalue weighted by atomic mass is 10.1. The highest BCUT2D eigenvalue weighted by molar-refractivity contribution is 5.92. The Labute approximate surface area is 117 Å². The Morgan fingerprint density at radius 2 is 1.85 bits per heavy atom. The average Bonchev–Trinajstić information content (AvgIpc) is 2.49. The number of phenols is 1. The maximum Gasteiger partial charge on any atom is 0.133 e. The van der Waals surface area contributed by atoms with E-state index in [1.165, 1.54) is 5.56 Å². The topological polar surface area (TPSA) is 45.2 Å². The first-order valence-electron chi connectivity index (χ1n) is 6.68. The van der Waals surface area contributed by atoms with E-state index in [0.717, 1.165) is 29.6 Å². The number of aromatic hydroxyl groups is 1. The summed E-state index contributed by atoms with van der Waals surface area (Å²) < 4.78 is 0. The Morgan fingerprint density at radius 3 is 2.70 bits per heavy atom. The molecular weight excluding hydrogens is 248 g/mol. The third kappa shape index (κ3) is 2.72. The number of hydrogen-bond acceptors (Lipinski definition) is 3. The lowest BCUT2D eigenvalue weighted by Crippen LogP contribution is -2.06.